The van der Waals surface area contributed by atoms with E-state index in [-0.39, 0.29) is 17.8 Å². The van der Waals surface area contributed by atoms with Gasteiger partial charge in [-0.25, -0.2) is 4.39 Å². The fraction of sp³-hybridized carbons (Fsp3) is 0.273. The van der Waals surface area contributed by atoms with E-state index >= 15 is 0 Å². The molecule has 0 saturated heterocycles. The fourth-order valence-electron chi connectivity index (χ4n) is 1.46. The molecule has 1 aliphatic rings. The van der Waals surface area contributed by atoms with Crippen molar-refractivity contribution < 1.29 is 9.18 Å². The predicted octanol–water partition coefficient (Wildman–Crippen LogP) is 1.28. The van der Waals surface area contributed by atoms with Gasteiger partial charge in [-0.2, -0.15) is 0 Å². The Labute approximate surface area is 87.0 Å². The first kappa shape index (κ1) is 9.83. The van der Waals surface area contributed by atoms with Crippen LogP contribution >= 0.6 is 0 Å². The van der Waals surface area contributed by atoms with Gasteiger partial charge in [0.25, 0.3) is 0 Å². The van der Waals surface area contributed by atoms with Crippen molar-refractivity contribution >= 4 is 11.7 Å². The van der Waals surface area contributed by atoms with Crippen LogP contribution < -0.4 is 5.32 Å². The van der Waals surface area contributed by atoms with Crippen LogP contribution in [0.4, 0.5) is 4.39 Å². The molecule has 0 fully saturated rings. The van der Waals surface area contributed by atoms with E-state index in [0.29, 0.717) is 12.3 Å². The van der Waals surface area contributed by atoms with Crippen molar-refractivity contribution in [3.05, 3.63) is 35.6 Å². The summed E-state index contributed by atoms with van der Waals surface area (Å²) in [6.45, 7) is 1.74. The molecule has 1 unspecified atom stereocenters. The Kier molecular flexibility index (Phi) is 2.49. The smallest absolute Gasteiger partial charge is 0.249 e. The molecule has 0 saturated carbocycles. The van der Waals surface area contributed by atoms with Gasteiger partial charge in [-0.1, -0.05) is 12.1 Å². The van der Waals surface area contributed by atoms with Crippen LogP contribution in [0.2, 0.25) is 0 Å². The summed E-state index contributed by atoms with van der Waals surface area (Å²) in [4.78, 5) is 15.3. The Balaban J connectivity index is 2.07. The lowest BCUT2D eigenvalue weighted by Crippen LogP contribution is -2.28. The highest BCUT2D eigenvalue weighted by Crippen LogP contribution is 2.07. The van der Waals surface area contributed by atoms with Crippen molar-refractivity contribution in [2.24, 2.45) is 4.99 Å². The van der Waals surface area contributed by atoms with Crippen LogP contribution in [0.3, 0.4) is 0 Å². The number of hydrogen-bond acceptors (Lipinski definition) is 2. The van der Waals surface area contributed by atoms with Crippen molar-refractivity contribution in [2.45, 2.75) is 19.4 Å². The van der Waals surface area contributed by atoms with Crippen LogP contribution in [0.25, 0.3) is 0 Å². The summed E-state index contributed by atoms with van der Waals surface area (Å²) in [5, 5.41) is 2.68. The molecule has 0 aromatic heterocycles. The lowest BCUT2D eigenvalue weighted by Gasteiger charge is -2.00. The first-order valence-corrected chi connectivity index (χ1v) is 4.77. The van der Waals surface area contributed by atoms with E-state index < -0.39 is 0 Å². The van der Waals surface area contributed by atoms with Crippen LogP contribution in [0.15, 0.2) is 29.3 Å². The second-order valence-corrected chi connectivity index (χ2v) is 3.54. The van der Waals surface area contributed by atoms with E-state index in [9.17, 15) is 9.18 Å². The maximum Gasteiger partial charge on any atom is 0.249 e. The monoisotopic (exact) mass is 206 g/mol. The van der Waals surface area contributed by atoms with Gasteiger partial charge < -0.3 is 5.32 Å². The summed E-state index contributed by atoms with van der Waals surface area (Å²) >= 11 is 0. The second kappa shape index (κ2) is 3.81. The van der Waals surface area contributed by atoms with Gasteiger partial charge in [-0.3, -0.25) is 9.79 Å². The van der Waals surface area contributed by atoms with Crippen molar-refractivity contribution in [3.8, 4) is 0 Å². The van der Waals surface area contributed by atoms with Gasteiger partial charge in [0.2, 0.25) is 5.91 Å². The fourth-order valence-corrected chi connectivity index (χ4v) is 1.46. The molecule has 0 bridgehead atoms. The van der Waals surface area contributed by atoms with Crippen LogP contribution in [0.1, 0.15) is 12.5 Å². The minimum atomic E-state index is -0.305. The zero-order chi connectivity index (χ0) is 10.8. The molecule has 2 rings (SSSR count). The molecule has 0 aliphatic carbocycles. The molecule has 1 aliphatic heterocycles. The zero-order valence-electron chi connectivity index (χ0n) is 8.33. The van der Waals surface area contributed by atoms with E-state index in [1.807, 2.05) is 0 Å². The molecule has 0 spiro atoms. The summed E-state index contributed by atoms with van der Waals surface area (Å²) < 4.78 is 12.6. The summed E-state index contributed by atoms with van der Waals surface area (Å²) in [6, 6.07) is 5.87. The molecule has 1 heterocycles. The summed E-state index contributed by atoms with van der Waals surface area (Å²) in [5.74, 6) is 0.315. The van der Waals surface area contributed by atoms with E-state index in [2.05, 4.69) is 10.3 Å². The third-order valence-electron chi connectivity index (χ3n) is 2.28. The lowest BCUT2D eigenvalue weighted by molar-refractivity contribution is -0.119. The van der Waals surface area contributed by atoms with Gasteiger partial charge in [0.15, 0.2) is 0 Å². The van der Waals surface area contributed by atoms with Crippen molar-refractivity contribution in [1.29, 1.82) is 0 Å². The molecule has 1 aromatic rings. The number of amides is 1. The van der Waals surface area contributed by atoms with E-state index in [1.165, 1.54) is 12.1 Å². The average Bonchev–Trinajstić information content (AvgIpc) is 2.50. The lowest BCUT2D eigenvalue weighted by atomic mass is 10.1. The van der Waals surface area contributed by atoms with Gasteiger partial charge in [0.1, 0.15) is 17.7 Å². The molecule has 78 valence electrons. The van der Waals surface area contributed by atoms with Crippen LogP contribution in [0, 0.1) is 5.82 Å². The molecule has 0 radical (unpaired) electrons. The minimum absolute atomic E-state index is 0.0767. The van der Waals surface area contributed by atoms with Gasteiger partial charge in [0, 0.05) is 6.42 Å². The van der Waals surface area contributed by atoms with Gasteiger partial charge >= 0.3 is 0 Å². The maximum absolute atomic E-state index is 12.6. The van der Waals surface area contributed by atoms with Gasteiger partial charge in [-0.05, 0) is 24.6 Å². The topological polar surface area (TPSA) is 41.5 Å². The Morgan fingerprint density at radius 3 is 2.60 bits per heavy atom. The molecule has 15 heavy (non-hydrogen) atoms. The molecule has 4 heteroatoms. The molecule has 1 atom stereocenters. The first-order valence-electron chi connectivity index (χ1n) is 4.77. The van der Waals surface area contributed by atoms with Crippen LogP contribution in [-0.4, -0.2) is 17.8 Å². The first-order chi connectivity index (χ1) is 7.15. The number of aliphatic imine (C=N–C) groups is 1. The number of nitrogens with zero attached hydrogens (tertiary/aromatic N) is 1. The zero-order valence-corrected chi connectivity index (χ0v) is 8.33. The number of amidine groups is 1. The summed E-state index contributed by atoms with van der Waals surface area (Å²) in [5.41, 5.74) is 0.935. The Morgan fingerprint density at radius 1 is 1.40 bits per heavy atom. The highest BCUT2D eigenvalue weighted by atomic mass is 19.1. The molecule has 1 aromatic carbocycles. The Bertz CT molecular complexity index is 411. The average molecular weight is 206 g/mol. The minimum Gasteiger partial charge on any atom is -0.312 e. The van der Waals surface area contributed by atoms with Crippen molar-refractivity contribution in [2.75, 3.05) is 0 Å². The highest BCUT2D eigenvalue weighted by molar-refractivity contribution is 6.06. The van der Waals surface area contributed by atoms with Crippen molar-refractivity contribution in [1.82, 2.24) is 5.32 Å². The third-order valence-corrected chi connectivity index (χ3v) is 2.28. The largest absolute Gasteiger partial charge is 0.312 e. The van der Waals surface area contributed by atoms with Crippen LogP contribution in [0.5, 0.6) is 0 Å². The molecular formula is C11H11FN2O. The van der Waals surface area contributed by atoms with E-state index in [1.54, 1.807) is 19.1 Å². The number of hydrogen-bond donors (Lipinski definition) is 1. The quantitative estimate of drug-likeness (QED) is 0.778. The summed E-state index contributed by atoms with van der Waals surface area (Å²) in [6.07, 6.45) is 0.538. The van der Waals surface area contributed by atoms with Gasteiger partial charge in [0.05, 0.1) is 0 Å². The second-order valence-electron chi connectivity index (χ2n) is 3.54. The normalized spacial score (nSPS) is 20.0. The third kappa shape index (κ3) is 2.21. The van der Waals surface area contributed by atoms with E-state index in [4.69, 9.17) is 0 Å². The SMILES string of the molecule is CC1N=C(Cc2ccc(F)cc2)NC1=O. The van der Waals surface area contributed by atoms with E-state index in [0.717, 1.165) is 5.56 Å². The summed E-state index contributed by atoms with van der Waals surface area (Å²) in [7, 11) is 0. The molecule has 1 amide bonds. The molecule has 3 nitrogen and oxygen atoms in total. The highest BCUT2D eigenvalue weighted by Gasteiger charge is 2.21. The number of carbonyl (C=O) groups excluding carboxylic acids is 1. The Morgan fingerprint density at radius 2 is 2.07 bits per heavy atom. The number of nitrogens with one attached hydrogen (secondary N) is 1. The standard InChI is InChI=1S/C11H11FN2O/c1-7-11(15)14-10(13-7)6-8-2-4-9(12)5-3-8/h2-5,7H,6H2,1H3,(H,13,14,15). The molecule has 1 N–H and O–H groups in total. The van der Waals surface area contributed by atoms with Crippen molar-refractivity contribution in [3.63, 3.8) is 0 Å². The maximum atomic E-state index is 12.6. The number of rotatable bonds is 2. The van der Waals surface area contributed by atoms with Crippen LogP contribution in [-0.2, 0) is 11.2 Å². The Hall–Kier alpha value is -1.71. The number of benzene rings is 1. The molecular weight excluding hydrogens is 195 g/mol. The predicted molar refractivity (Wildman–Crippen MR) is 55.1 cm³/mol. The number of carbonyl (C=O) groups is 1. The van der Waals surface area contributed by atoms with Gasteiger partial charge in [-0.15, -0.1) is 0 Å². The number of halogens is 1.